The molecule has 0 fully saturated rings. The maximum Gasteiger partial charge on any atom is 0.326 e. The lowest BCUT2D eigenvalue weighted by Gasteiger charge is -2.14. The Bertz CT molecular complexity index is 1200. The lowest BCUT2D eigenvalue weighted by molar-refractivity contribution is -0.142. The van der Waals surface area contributed by atoms with Crippen molar-refractivity contribution in [3.05, 3.63) is 122 Å². The summed E-state index contributed by atoms with van der Waals surface area (Å²) in [6.45, 7) is 4.79. The molecule has 0 saturated carbocycles. The number of carboxylic acid groups (broad SMARTS) is 1. The van der Waals surface area contributed by atoms with Crippen LogP contribution in [-0.2, 0) is 14.4 Å². The number of nitrogens with one attached hydrogen (secondary N) is 2. The number of carbonyl (C=O) groups excluding carboxylic acids is 2. The van der Waals surface area contributed by atoms with Crippen molar-refractivity contribution in [3.8, 4) is 0 Å². The Morgan fingerprint density at radius 3 is 1.17 bits per heavy atom. The lowest BCUT2D eigenvalue weighted by Crippen LogP contribution is -2.40. The van der Waals surface area contributed by atoms with E-state index < -0.39 is 12.0 Å². The normalized spacial score (nSPS) is 13.4. The maximum atomic E-state index is 12.3. The molecular weight excluding hydrogens is 645 g/mol. The summed E-state index contributed by atoms with van der Waals surface area (Å²) < 4.78 is 0. The number of unbranched alkanes of at least 4 members (excludes halogenated alkanes) is 3. The zero-order chi connectivity index (χ0) is 38.0. The van der Waals surface area contributed by atoms with Gasteiger partial charge in [0, 0.05) is 19.4 Å². The molecule has 0 bridgehead atoms. The number of aliphatic carboxylic acids is 1. The minimum absolute atomic E-state index is 0.0166. The quantitative estimate of drug-likeness (QED) is 0.0466. The smallest absolute Gasteiger partial charge is 0.326 e. The molecule has 0 saturated heterocycles. The highest BCUT2D eigenvalue weighted by molar-refractivity contribution is 5.83. The molecule has 1 unspecified atom stereocenters. The zero-order valence-corrected chi connectivity index (χ0v) is 32.4. The van der Waals surface area contributed by atoms with Gasteiger partial charge in [-0.25, -0.2) is 4.79 Å². The fourth-order valence-electron chi connectivity index (χ4n) is 4.81. The van der Waals surface area contributed by atoms with Gasteiger partial charge in [-0.3, -0.25) is 9.59 Å². The molecule has 1 atom stereocenters. The first-order valence-electron chi connectivity index (χ1n) is 19.8. The van der Waals surface area contributed by atoms with Crippen molar-refractivity contribution in [2.45, 2.75) is 142 Å². The molecule has 0 aliphatic rings. The molecule has 0 aromatic heterocycles. The molecule has 3 N–H and O–H groups in total. The van der Waals surface area contributed by atoms with Crippen LogP contribution in [0, 0.1) is 0 Å². The summed E-state index contributed by atoms with van der Waals surface area (Å²) in [5.41, 5.74) is 0. The predicted octanol–water partition coefficient (Wildman–Crippen LogP) is 11.7. The minimum atomic E-state index is -1.02. The molecule has 2 amide bonds. The largest absolute Gasteiger partial charge is 0.480 e. The summed E-state index contributed by atoms with van der Waals surface area (Å²) in [7, 11) is 0. The van der Waals surface area contributed by atoms with E-state index in [2.05, 4.69) is 146 Å². The lowest BCUT2D eigenvalue weighted by atomic mass is 10.1. The van der Waals surface area contributed by atoms with Gasteiger partial charge in [-0.1, -0.05) is 135 Å². The van der Waals surface area contributed by atoms with E-state index in [1.807, 2.05) is 0 Å². The first kappa shape index (κ1) is 47.8. The maximum absolute atomic E-state index is 12.3. The van der Waals surface area contributed by atoms with Gasteiger partial charge in [-0.2, -0.15) is 0 Å². The van der Waals surface area contributed by atoms with Gasteiger partial charge in [0.2, 0.25) is 11.8 Å². The Morgan fingerprint density at radius 2 is 0.808 bits per heavy atom. The van der Waals surface area contributed by atoms with Crippen LogP contribution in [0.15, 0.2) is 122 Å². The highest BCUT2D eigenvalue weighted by Gasteiger charge is 2.19. The highest BCUT2D eigenvalue weighted by Crippen LogP contribution is 2.05. The second-order valence-corrected chi connectivity index (χ2v) is 12.5. The monoisotopic (exact) mass is 715 g/mol. The van der Waals surface area contributed by atoms with Gasteiger partial charge >= 0.3 is 5.97 Å². The molecule has 0 aromatic carbocycles. The van der Waals surface area contributed by atoms with Gasteiger partial charge in [-0.05, 0) is 109 Å². The Hall–Kier alpha value is -4.19. The third kappa shape index (κ3) is 37.1. The Morgan fingerprint density at radius 1 is 0.462 bits per heavy atom. The number of rotatable bonds is 33. The first-order valence-corrected chi connectivity index (χ1v) is 19.8. The zero-order valence-electron chi connectivity index (χ0n) is 32.4. The van der Waals surface area contributed by atoms with Gasteiger partial charge in [0.05, 0.1) is 0 Å². The van der Waals surface area contributed by atoms with Gasteiger partial charge in [0.1, 0.15) is 6.04 Å². The number of carboxylic acids is 1. The van der Waals surface area contributed by atoms with Crippen LogP contribution in [0.4, 0.5) is 0 Å². The summed E-state index contributed by atoms with van der Waals surface area (Å²) in [5, 5.41) is 15.1. The minimum Gasteiger partial charge on any atom is -0.480 e. The average molecular weight is 715 g/mol. The standard InChI is InChI=1S/C46H70N2O4/c1-3-5-7-9-11-13-15-17-19-21-23-25-27-29-31-33-35-40-44(49)47-42-38-37-39-43(46(51)52)48-45(50)41-36-34-32-30-28-26-24-22-20-18-16-14-12-10-8-6-4-2/h5-8,11-14,17-20,23-26,29-32,43H,3-4,9-10,15-16,21-22,27-28,33-42H2,1-2H3,(H,47,49)(H,48,50)(H,51,52). The van der Waals surface area contributed by atoms with E-state index in [0.29, 0.717) is 45.1 Å². The molecule has 6 heteroatoms. The third-order valence-electron chi connectivity index (χ3n) is 7.74. The van der Waals surface area contributed by atoms with Crippen LogP contribution < -0.4 is 10.6 Å². The Balaban J connectivity index is 3.86. The molecule has 288 valence electrons. The predicted molar refractivity (Wildman–Crippen MR) is 223 cm³/mol. The molecule has 0 radical (unpaired) electrons. The van der Waals surface area contributed by atoms with Crippen LogP contribution >= 0.6 is 0 Å². The molecule has 0 spiro atoms. The van der Waals surface area contributed by atoms with Gasteiger partial charge < -0.3 is 15.7 Å². The van der Waals surface area contributed by atoms with Gasteiger partial charge in [0.15, 0.2) is 0 Å². The van der Waals surface area contributed by atoms with Crippen LogP contribution in [0.25, 0.3) is 0 Å². The SMILES string of the molecule is CCC=CCC=CCC=CCC=CCC=CCCCC(=O)NCCCCC(NC(=O)CCCC=CCC=CCC=CCC=CCC=CCC)C(=O)O. The molecular formula is C46H70N2O4. The van der Waals surface area contributed by atoms with E-state index in [1.165, 1.54) is 0 Å². The number of carbonyl (C=O) groups is 3. The fraction of sp³-hybridized carbons (Fsp3) is 0.500. The number of allylic oxidation sites excluding steroid dienone is 20. The van der Waals surface area contributed by atoms with Crippen LogP contribution in [0.5, 0.6) is 0 Å². The first-order chi connectivity index (χ1) is 25.5. The van der Waals surface area contributed by atoms with Crippen molar-refractivity contribution in [1.82, 2.24) is 10.6 Å². The summed E-state index contributed by atoms with van der Waals surface area (Å²) >= 11 is 0. The number of amides is 2. The average Bonchev–Trinajstić information content (AvgIpc) is 3.13. The molecule has 0 rings (SSSR count). The molecule has 0 aliphatic heterocycles. The second kappa shape index (κ2) is 39.6. The summed E-state index contributed by atoms with van der Waals surface area (Å²) in [6.07, 6.45) is 58.5. The van der Waals surface area contributed by atoms with E-state index in [0.717, 1.165) is 83.5 Å². The molecule has 52 heavy (non-hydrogen) atoms. The molecule has 6 nitrogen and oxygen atoms in total. The van der Waals surface area contributed by atoms with Crippen molar-refractivity contribution in [3.63, 3.8) is 0 Å². The van der Waals surface area contributed by atoms with Crippen LogP contribution in [0.3, 0.4) is 0 Å². The van der Waals surface area contributed by atoms with Crippen LogP contribution in [-0.4, -0.2) is 35.5 Å². The van der Waals surface area contributed by atoms with Crippen molar-refractivity contribution >= 4 is 17.8 Å². The number of hydrogen-bond acceptors (Lipinski definition) is 3. The van der Waals surface area contributed by atoms with Crippen molar-refractivity contribution in [1.29, 1.82) is 0 Å². The highest BCUT2D eigenvalue weighted by atomic mass is 16.4. The van der Waals surface area contributed by atoms with Gasteiger partial charge in [-0.15, -0.1) is 0 Å². The summed E-state index contributed by atoms with van der Waals surface area (Å²) in [6, 6.07) is -0.902. The van der Waals surface area contributed by atoms with E-state index >= 15 is 0 Å². The van der Waals surface area contributed by atoms with E-state index in [-0.39, 0.29) is 11.8 Å². The molecule has 0 heterocycles. The van der Waals surface area contributed by atoms with E-state index in [1.54, 1.807) is 0 Å². The Kier molecular flexibility index (Phi) is 36.4. The Labute approximate surface area is 317 Å². The van der Waals surface area contributed by atoms with Crippen molar-refractivity contribution in [2.75, 3.05) is 6.54 Å². The van der Waals surface area contributed by atoms with Crippen LogP contribution in [0.2, 0.25) is 0 Å². The fourth-order valence-corrected chi connectivity index (χ4v) is 4.81. The van der Waals surface area contributed by atoms with Crippen molar-refractivity contribution in [2.24, 2.45) is 0 Å². The van der Waals surface area contributed by atoms with E-state index in [4.69, 9.17) is 0 Å². The topological polar surface area (TPSA) is 95.5 Å². The van der Waals surface area contributed by atoms with Crippen molar-refractivity contribution < 1.29 is 19.5 Å². The summed E-state index contributed by atoms with van der Waals surface area (Å²) in [5.74, 6) is -1.24. The van der Waals surface area contributed by atoms with Crippen LogP contribution in [0.1, 0.15) is 136 Å². The number of hydrogen-bond donors (Lipinski definition) is 3. The second-order valence-electron chi connectivity index (χ2n) is 12.5. The molecule has 0 aliphatic carbocycles. The summed E-state index contributed by atoms with van der Waals surface area (Å²) in [4.78, 5) is 36.1. The van der Waals surface area contributed by atoms with Gasteiger partial charge in [0.25, 0.3) is 0 Å². The molecule has 0 aromatic rings. The third-order valence-corrected chi connectivity index (χ3v) is 7.74. The van der Waals surface area contributed by atoms with E-state index in [9.17, 15) is 19.5 Å².